The fraction of sp³-hybridized carbons (Fsp3) is 0.0625. The molecule has 0 amide bonds. The van der Waals surface area contributed by atoms with E-state index in [1.165, 1.54) is 0 Å². The first kappa shape index (κ1) is 25.7. The number of benzene rings is 5. The maximum absolute atomic E-state index is 10.1. The molecule has 40 heavy (non-hydrogen) atoms. The van der Waals surface area contributed by atoms with Crippen molar-refractivity contribution in [2.24, 2.45) is 10.3 Å². The first-order valence-electron chi connectivity index (χ1n) is 12.6. The number of fused-ring (bicyclic) bond motifs is 3. The van der Waals surface area contributed by atoms with Crippen LogP contribution in [0.5, 0.6) is 0 Å². The molecule has 0 saturated carbocycles. The highest BCUT2D eigenvalue weighted by molar-refractivity contribution is 6.42. The van der Waals surface area contributed by atoms with Crippen molar-refractivity contribution in [3.8, 4) is 0 Å². The minimum absolute atomic E-state index is 0.178. The molecule has 0 bridgehead atoms. The molecule has 1 heterocycles. The Morgan fingerprint density at radius 2 is 0.975 bits per heavy atom. The van der Waals surface area contributed by atoms with Crippen LogP contribution < -0.4 is 0 Å². The lowest BCUT2D eigenvalue weighted by Gasteiger charge is -2.14. The fourth-order valence-corrected chi connectivity index (χ4v) is 5.36. The summed E-state index contributed by atoms with van der Waals surface area (Å²) in [6.45, 7) is 0. The van der Waals surface area contributed by atoms with Crippen molar-refractivity contribution in [3.05, 3.63) is 130 Å². The number of halogens is 2. The van der Waals surface area contributed by atoms with Crippen LogP contribution in [-0.2, 0) is 12.8 Å². The van der Waals surface area contributed by atoms with Crippen molar-refractivity contribution in [2.75, 3.05) is 0 Å². The molecule has 0 spiro atoms. The van der Waals surface area contributed by atoms with Crippen molar-refractivity contribution in [1.29, 1.82) is 0 Å². The summed E-state index contributed by atoms with van der Waals surface area (Å²) in [5, 5.41) is 32.3. The zero-order chi connectivity index (χ0) is 27.6. The lowest BCUT2D eigenvalue weighted by molar-refractivity contribution is 0.318. The first-order valence-corrected chi connectivity index (χ1v) is 13.3. The summed E-state index contributed by atoms with van der Waals surface area (Å²) in [6, 6.07) is 30.8. The molecule has 0 aliphatic rings. The van der Waals surface area contributed by atoms with Crippen LogP contribution in [0, 0.1) is 0 Å². The van der Waals surface area contributed by atoms with E-state index in [-0.39, 0.29) is 12.8 Å². The molecule has 0 aliphatic heterocycles. The molecule has 0 fully saturated rings. The number of rotatable bonds is 6. The van der Waals surface area contributed by atoms with Crippen LogP contribution in [0.2, 0.25) is 10.0 Å². The van der Waals surface area contributed by atoms with E-state index in [1.807, 2.05) is 84.9 Å². The van der Waals surface area contributed by atoms with Crippen LogP contribution in [0.1, 0.15) is 22.5 Å². The molecule has 6 nitrogen and oxygen atoms in total. The van der Waals surface area contributed by atoms with Gasteiger partial charge in [0.05, 0.1) is 43.9 Å². The van der Waals surface area contributed by atoms with Gasteiger partial charge >= 0.3 is 0 Å². The van der Waals surface area contributed by atoms with Gasteiger partial charge in [-0.15, -0.1) is 0 Å². The molecular formula is C32H22Cl2N4O2. The Bertz CT molecular complexity index is 1820. The first-order chi connectivity index (χ1) is 19.6. The Morgan fingerprint density at radius 3 is 1.40 bits per heavy atom. The summed E-state index contributed by atoms with van der Waals surface area (Å²) in [5.41, 5.74) is 4.66. The average Bonchev–Trinajstić information content (AvgIpc) is 2.99. The summed E-state index contributed by atoms with van der Waals surface area (Å²) in [6.07, 6.45) is 0.356. The van der Waals surface area contributed by atoms with Gasteiger partial charge in [0, 0.05) is 24.0 Å². The molecule has 0 radical (unpaired) electrons. The van der Waals surface area contributed by atoms with Crippen molar-refractivity contribution in [3.63, 3.8) is 0 Å². The Labute approximate surface area is 239 Å². The summed E-state index contributed by atoms with van der Waals surface area (Å²) in [7, 11) is 0. The lowest BCUT2D eigenvalue weighted by Crippen LogP contribution is -2.15. The number of aromatic nitrogens is 2. The van der Waals surface area contributed by atoms with Gasteiger partial charge in [-0.25, -0.2) is 9.97 Å². The standard InChI is InChI=1S/C32H22Cl2N4O2/c33-25-15-29-30(16-26(25)34)36-32(18-28(38-40)24-14-6-10-20-8-2-4-12-22(20)24)31(35-29)17-27(37-39)23-13-5-9-19-7-1-3-11-21(19)23/h1-16,39-40H,17-18H2. The van der Waals surface area contributed by atoms with Gasteiger partial charge in [-0.3, -0.25) is 0 Å². The number of hydrogen-bond acceptors (Lipinski definition) is 6. The summed E-state index contributed by atoms with van der Waals surface area (Å²) >= 11 is 12.6. The van der Waals surface area contributed by atoms with E-state index in [1.54, 1.807) is 12.1 Å². The second-order valence-electron chi connectivity index (χ2n) is 9.37. The monoisotopic (exact) mass is 564 g/mol. The van der Waals surface area contributed by atoms with Gasteiger partial charge in [-0.05, 0) is 33.7 Å². The molecule has 0 aliphatic carbocycles. The van der Waals surface area contributed by atoms with Gasteiger partial charge in [0.1, 0.15) is 0 Å². The summed E-state index contributed by atoms with van der Waals surface area (Å²) in [4.78, 5) is 9.76. The van der Waals surface area contributed by atoms with Gasteiger partial charge < -0.3 is 10.4 Å². The third-order valence-electron chi connectivity index (χ3n) is 6.97. The van der Waals surface area contributed by atoms with E-state index in [4.69, 9.17) is 33.2 Å². The zero-order valence-corrected chi connectivity index (χ0v) is 22.6. The van der Waals surface area contributed by atoms with Crippen LogP contribution >= 0.6 is 23.2 Å². The van der Waals surface area contributed by atoms with E-state index >= 15 is 0 Å². The minimum Gasteiger partial charge on any atom is -0.411 e. The van der Waals surface area contributed by atoms with E-state index < -0.39 is 0 Å². The maximum Gasteiger partial charge on any atom is 0.0934 e. The van der Waals surface area contributed by atoms with Crippen molar-refractivity contribution >= 4 is 67.2 Å². The van der Waals surface area contributed by atoms with E-state index in [9.17, 15) is 10.4 Å². The SMILES string of the molecule is ON=C(Cc1nc2cc(Cl)c(Cl)cc2nc1CC(=NO)c1cccc2ccccc12)c1cccc2ccccc12. The number of oxime groups is 2. The van der Waals surface area contributed by atoms with Gasteiger partial charge in [0.2, 0.25) is 0 Å². The Kier molecular flexibility index (Phi) is 7.03. The minimum atomic E-state index is 0.178. The smallest absolute Gasteiger partial charge is 0.0934 e. The predicted molar refractivity (Wildman–Crippen MR) is 162 cm³/mol. The molecule has 2 N–H and O–H groups in total. The zero-order valence-electron chi connectivity index (χ0n) is 21.1. The number of hydrogen-bond donors (Lipinski definition) is 2. The molecule has 5 aromatic carbocycles. The quantitative estimate of drug-likeness (QED) is 0.121. The summed E-state index contributed by atoms with van der Waals surface area (Å²) in [5.74, 6) is 0. The van der Waals surface area contributed by atoms with Crippen LogP contribution in [0.25, 0.3) is 32.6 Å². The average molecular weight is 565 g/mol. The maximum atomic E-state index is 10.1. The van der Waals surface area contributed by atoms with E-state index in [2.05, 4.69) is 10.3 Å². The predicted octanol–water partition coefficient (Wildman–Crippen LogP) is 8.09. The topological polar surface area (TPSA) is 91.0 Å². The third-order valence-corrected chi connectivity index (χ3v) is 7.70. The second kappa shape index (κ2) is 10.9. The summed E-state index contributed by atoms with van der Waals surface area (Å²) < 4.78 is 0. The molecule has 0 unspecified atom stereocenters. The van der Waals surface area contributed by atoms with Crippen molar-refractivity contribution in [1.82, 2.24) is 9.97 Å². The van der Waals surface area contributed by atoms with Crippen molar-refractivity contribution < 1.29 is 10.4 Å². The van der Waals surface area contributed by atoms with E-state index in [0.717, 1.165) is 32.7 Å². The molecule has 196 valence electrons. The molecule has 6 aromatic rings. The molecule has 0 saturated heterocycles. The normalized spacial score (nSPS) is 12.4. The van der Waals surface area contributed by atoms with Gasteiger partial charge in [0.25, 0.3) is 0 Å². The van der Waals surface area contributed by atoms with Crippen molar-refractivity contribution in [2.45, 2.75) is 12.8 Å². The van der Waals surface area contributed by atoms with Gasteiger partial charge in [0.15, 0.2) is 0 Å². The van der Waals surface area contributed by atoms with Crippen LogP contribution in [-0.4, -0.2) is 31.8 Å². The highest BCUT2D eigenvalue weighted by Gasteiger charge is 2.19. The van der Waals surface area contributed by atoms with Crippen LogP contribution in [0.15, 0.2) is 107 Å². The Morgan fingerprint density at radius 1 is 0.575 bits per heavy atom. The third kappa shape index (κ3) is 4.83. The Balaban J connectivity index is 1.48. The largest absolute Gasteiger partial charge is 0.411 e. The second-order valence-corrected chi connectivity index (χ2v) is 10.2. The lowest BCUT2D eigenvalue weighted by atomic mass is 9.95. The van der Waals surface area contributed by atoms with E-state index in [0.29, 0.717) is 43.9 Å². The highest BCUT2D eigenvalue weighted by atomic mass is 35.5. The highest BCUT2D eigenvalue weighted by Crippen LogP contribution is 2.29. The molecule has 1 aromatic heterocycles. The van der Waals surface area contributed by atoms with Crippen LogP contribution in [0.3, 0.4) is 0 Å². The Hall–Kier alpha value is -4.52. The van der Waals surface area contributed by atoms with Gasteiger partial charge in [-0.2, -0.15) is 0 Å². The van der Waals surface area contributed by atoms with Crippen LogP contribution in [0.4, 0.5) is 0 Å². The molecule has 8 heteroatoms. The molecular weight excluding hydrogens is 543 g/mol. The fourth-order valence-electron chi connectivity index (χ4n) is 5.05. The molecule has 6 rings (SSSR count). The molecule has 0 atom stereocenters. The van der Waals surface area contributed by atoms with Gasteiger partial charge in [-0.1, -0.05) is 118 Å². The number of nitrogens with zero attached hydrogens (tertiary/aromatic N) is 4.